The molecule has 0 atom stereocenters. The van der Waals surface area contributed by atoms with E-state index in [9.17, 15) is 4.79 Å². The number of benzene rings is 1. The zero-order chi connectivity index (χ0) is 17.5. The number of carbonyl (C=O) groups is 1. The van der Waals surface area contributed by atoms with Gasteiger partial charge in [-0.05, 0) is 70.9 Å². The number of ether oxygens (including phenoxy) is 2. The summed E-state index contributed by atoms with van der Waals surface area (Å²) in [7, 11) is 0. The van der Waals surface area contributed by atoms with Gasteiger partial charge in [0.1, 0.15) is 5.75 Å². The Morgan fingerprint density at radius 3 is 2.67 bits per heavy atom. The molecule has 0 bridgehead atoms. The minimum Gasteiger partial charge on any atom is -0.490 e. The minimum atomic E-state index is -0.195. The predicted octanol–water partition coefficient (Wildman–Crippen LogP) is 5.59. The standard InChI is InChI=1S/C20H27BrO3/c1-4-23-20(22)14(2)8-9-16-10-12-17(13-11-16)24-19-7-5-6-18(21)15(19)3/h5-8,16-17H,4,9-13H2,1-3H3/b14-8+. The van der Waals surface area contributed by atoms with Gasteiger partial charge in [-0.2, -0.15) is 0 Å². The summed E-state index contributed by atoms with van der Waals surface area (Å²) in [4.78, 5) is 11.6. The Bertz CT molecular complexity index is 587. The zero-order valence-electron chi connectivity index (χ0n) is 14.8. The lowest BCUT2D eigenvalue weighted by atomic mass is 9.85. The largest absolute Gasteiger partial charge is 0.490 e. The van der Waals surface area contributed by atoms with E-state index in [1.165, 1.54) is 0 Å². The molecule has 0 aromatic heterocycles. The third kappa shape index (κ3) is 5.37. The highest BCUT2D eigenvalue weighted by Gasteiger charge is 2.22. The Morgan fingerprint density at radius 1 is 1.29 bits per heavy atom. The molecule has 3 nitrogen and oxygen atoms in total. The van der Waals surface area contributed by atoms with Crippen LogP contribution in [0.5, 0.6) is 5.75 Å². The van der Waals surface area contributed by atoms with Crippen molar-refractivity contribution >= 4 is 21.9 Å². The fourth-order valence-corrected chi connectivity index (χ4v) is 3.40. The minimum absolute atomic E-state index is 0.195. The third-order valence-electron chi connectivity index (χ3n) is 4.66. The van der Waals surface area contributed by atoms with Crippen LogP contribution in [0.15, 0.2) is 34.3 Å². The van der Waals surface area contributed by atoms with Gasteiger partial charge >= 0.3 is 5.97 Å². The Labute approximate surface area is 153 Å². The molecule has 1 aromatic carbocycles. The van der Waals surface area contributed by atoms with E-state index in [2.05, 4.69) is 22.9 Å². The molecule has 1 aromatic rings. The number of rotatable bonds is 6. The second kappa shape index (κ2) is 9.26. The highest BCUT2D eigenvalue weighted by molar-refractivity contribution is 9.10. The van der Waals surface area contributed by atoms with Crippen molar-refractivity contribution in [2.75, 3.05) is 6.61 Å². The van der Waals surface area contributed by atoms with Crippen LogP contribution in [0.2, 0.25) is 0 Å². The Kier molecular flexibility index (Phi) is 7.35. The molecule has 1 aliphatic carbocycles. The summed E-state index contributed by atoms with van der Waals surface area (Å²) in [6.07, 6.45) is 7.71. The lowest BCUT2D eigenvalue weighted by Crippen LogP contribution is -2.24. The van der Waals surface area contributed by atoms with Crippen LogP contribution in [-0.4, -0.2) is 18.7 Å². The van der Waals surface area contributed by atoms with Crippen molar-refractivity contribution in [2.24, 2.45) is 5.92 Å². The summed E-state index contributed by atoms with van der Waals surface area (Å²) in [6.45, 7) is 6.18. The van der Waals surface area contributed by atoms with Crippen LogP contribution >= 0.6 is 15.9 Å². The van der Waals surface area contributed by atoms with Crippen LogP contribution in [0.1, 0.15) is 51.5 Å². The number of halogens is 1. The molecule has 24 heavy (non-hydrogen) atoms. The van der Waals surface area contributed by atoms with Crippen LogP contribution in [0.25, 0.3) is 0 Å². The van der Waals surface area contributed by atoms with E-state index in [0.29, 0.717) is 18.6 Å². The molecule has 0 spiro atoms. The van der Waals surface area contributed by atoms with Gasteiger partial charge < -0.3 is 9.47 Å². The van der Waals surface area contributed by atoms with Gasteiger partial charge in [0.15, 0.2) is 0 Å². The molecule has 2 rings (SSSR count). The first-order valence-corrected chi connectivity index (χ1v) is 9.56. The average molecular weight is 395 g/mol. The second-order valence-electron chi connectivity index (χ2n) is 6.47. The summed E-state index contributed by atoms with van der Waals surface area (Å²) < 4.78 is 12.3. The van der Waals surface area contributed by atoms with Gasteiger partial charge in [-0.25, -0.2) is 4.79 Å². The van der Waals surface area contributed by atoms with Crippen LogP contribution < -0.4 is 4.74 Å². The van der Waals surface area contributed by atoms with Gasteiger partial charge in [0.25, 0.3) is 0 Å². The van der Waals surface area contributed by atoms with E-state index < -0.39 is 0 Å². The lowest BCUT2D eigenvalue weighted by molar-refractivity contribution is -0.138. The first-order chi connectivity index (χ1) is 11.5. The molecule has 0 amide bonds. The van der Waals surface area contributed by atoms with E-state index in [4.69, 9.17) is 9.47 Å². The first-order valence-electron chi connectivity index (χ1n) is 8.77. The summed E-state index contributed by atoms with van der Waals surface area (Å²) in [5.41, 5.74) is 1.88. The molecule has 1 fully saturated rings. The first kappa shape index (κ1) is 19.0. The van der Waals surface area contributed by atoms with Gasteiger partial charge in [-0.1, -0.05) is 28.1 Å². The van der Waals surface area contributed by atoms with Crippen molar-refractivity contribution < 1.29 is 14.3 Å². The maximum Gasteiger partial charge on any atom is 0.333 e. The SMILES string of the molecule is CCOC(=O)/C(C)=C/CC1CCC(Oc2cccc(Br)c2C)CC1. The summed E-state index contributed by atoms with van der Waals surface area (Å²) >= 11 is 3.55. The molecule has 132 valence electrons. The fraction of sp³-hybridized carbons (Fsp3) is 0.550. The number of hydrogen-bond acceptors (Lipinski definition) is 3. The fourth-order valence-electron chi connectivity index (χ4n) is 3.05. The normalized spacial score (nSPS) is 21.4. The highest BCUT2D eigenvalue weighted by atomic mass is 79.9. The molecule has 4 heteroatoms. The Hall–Kier alpha value is -1.29. The van der Waals surface area contributed by atoms with Crippen molar-refractivity contribution in [3.05, 3.63) is 39.9 Å². The van der Waals surface area contributed by atoms with Crippen molar-refractivity contribution in [3.63, 3.8) is 0 Å². The topological polar surface area (TPSA) is 35.5 Å². The van der Waals surface area contributed by atoms with Crippen molar-refractivity contribution in [1.29, 1.82) is 0 Å². The predicted molar refractivity (Wildman–Crippen MR) is 100 cm³/mol. The van der Waals surface area contributed by atoms with Gasteiger partial charge in [-0.15, -0.1) is 0 Å². The van der Waals surface area contributed by atoms with Gasteiger partial charge in [-0.3, -0.25) is 0 Å². The molecule has 0 N–H and O–H groups in total. The summed E-state index contributed by atoms with van der Waals surface area (Å²) in [5, 5.41) is 0. The second-order valence-corrected chi connectivity index (χ2v) is 7.32. The molecule has 1 aliphatic rings. The van der Waals surface area contributed by atoms with Crippen molar-refractivity contribution in [3.8, 4) is 5.75 Å². The summed E-state index contributed by atoms with van der Waals surface area (Å²) in [6, 6.07) is 6.09. The summed E-state index contributed by atoms with van der Waals surface area (Å²) in [5.74, 6) is 1.42. The Morgan fingerprint density at radius 2 is 2.00 bits per heavy atom. The molecule has 0 radical (unpaired) electrons. The van der Waals surface area contributed by atoms with Gasteiger partial charge in [0.2, 0.25) is 0 Å². The monoisotopic (exact) mass is 394 g/mol. The van der Waals surface area contributed by atoms with E-state index >= 15 is 0 Å². The van der Waals surface area contributed by atoms with Crippen LogP contribution in [0.3, 0.4) is 0 Å². The zero-order valence-corrected chi connectivity index (χ0v) is 16.4. The average Bonchev–Trinajstić information content (AvgIpc) is 2.58. The van der Waals surface area contributed by atoms with Crippen LogP contribution in [0, 0.1) is 12.8 Å². The molecule has 0 aliphatic heterocycles. The van der Waals surface area contributed by atoms with Crippen LogP contribution in [-0.2, 0) is 9.53 Å². The maximum absolute atomic E-state index is 11.6. The van der Waals surface area contributed by atoms with E-state index in [-0.39, 0.29) is 5.97 Å². The molecular weight excluding hydrogens is 368 g/mol. The molecular formula is C20H27BrO3. The number of carbonyl (C=O) groups excluding carboxylic acids is 1. The van der Waals surface area contributed by atoms with Gasteiger partial charge in [0.05, 0.1) is 12.7 Å². The third-order valence-corrected chi connectivity index (χ3v) is 5.52. The van der Waals surface area contributed by atoms with E-state index in [1.54, 1.807) is 0 Å². The maximum atomic E-state index is 11.6. The van der Waals surface area contributed by atoms with Crippen molar-refractivity contribution in [1.82, 2.24) is 0 Å². The number of hydrogen-bond donors (Lipinski definition) is 0. The number of esters is 1. The van der Waals surface area contributed by atoms with Crippen molar-refractivity contribution in [2.45, 2.75) is 59.0 Å². The van der Waals surface area contributed by atoms with E-state index in [0.717, 1.165) is 53.5 Å². The molecule has 0 heterocycles. The van der Waals surface area contributed by atoms with Crippen LogP contribution in [0.4, 0.5) is 0 Å². The van der Waals surface area contributed by atoms with Gasteiger partial charge in [0, 0.05) is 15.6 Å². The van der Waals surface area contributed by atoms with E-state index in [1.807, 2.05) is 38.1 Å². The molecule has 1 saturated carbocycles. The Balaban J connectivity index is 1.80. The molecule has 0 unspecified atom stereocenters. The lowest BCUT2D eigenvalue weighted by Gasteiger charge is -2.29. The molecule has 0 saturated heterocycles. The number of allylic oxidation sites excluding steroid dienone is 1. The highest BCUT2D eigenvalue weighted by Crippen LogP contribution is 2.32. The smallest absolute Gasteiger partial charge is 0.333 e. The quantitative estimate of drug-likeness (QED) is 0.465.